The summed E-state index contributed by atoms with van der Waals surface area (Å²) in [6, 6.07) is 66.5. The zero-order chi connectivity index (χ0) is 43.7. The van der Waals surface area contributed by atoms with Gasteiger partial charge in [-0.3, -0.25) is 0 Å². The lowest BCUT2D eigenvalue weighted by Crippen LogP contribution is -2.10. The molecule has 3 heterocycles. The van der Waals surface area contributed by atoms with Gasteiger partial charge < -0.3 is 13.4 Å². The first kappa shape index (κ1) is 38.6. The smallest absolute Gasteiger partial charge is 0.136 e. The molecule has 2 aliphatic carbocycles. The Balaban J connectivity index is 0.941. The van der Waals surface area contributed by atoms with Crippen LogP contribution >= 0.6 is 0 Å². The Hall–Kier alpha value is -7.88. The summed E-state index contributed by atoms with van der Waals surface area (Å²) >= 11 is 0. The van der Waals surface area contributed by atoms with Gasteiger partial charge in [-0.25, -0.2) is 0 Å². The third-order valence-corrected chi connectivity index (χ3v) is 14.4. The molecule has 0 aliphatic heterocycles. The van der Waals surface area contributed by atoms with E-state index in [0.717, 1.165) is 59.3 Å². The summed E-state index contributed by atoms with van der Waals surface area (Å²) < 4.78 is 15.6. The molecule has 3 nitrogen and oxygen atoms in total. The molecule has 3 heteroatoms. The molecule has 0 fully saturated rings. The monoisotopic (exact) mass is 849 g/mol. The van der Waals surface area contributed by atoms with Gasteiger partial charge in [-0.05, 0) is 136 Å². The molecule has 2 unspecified atom stereocenters. The predicted octanol–water partition coefficient (Wildman–Crippen LogP) is 17.4. The van der Waals surface area contributed by atoms with Crippen LogP contribution in [0.25, 0.3) is 99.9 Å². The van der Waals surface area contributed by atoms with Crippen LogP contribution in [0.15, 0.2) is 209 Å². The molecule has 0 amide bonds. The van der Waals surface area contributed by atoms with E-state index in [1.807, 2.05) is 0 Å². The Morgan fingerprint density at radius 2 is 1.29 bits per heavy atom. The number of rotatable bonds is 7. The van der Waals surface area contributed by atoms with Crippen LogP contribution in [0.4, 0.5) is 0 Å². The fraction of sp³-hybridized carbons (Fsp3) is 0.111. The minimum atomic E-state index is 0.254. The van der Waals surface area contributed by atoms with Crippen molar-refractivity contribution >= 4 is 71.9 Å². The van der Waals surface area contributed by atoms with Gasteiger partial charge >= 0.3 is 0 Å². The lowest BCUT2D eigenvalue weighted by Gasteiger charge is -2.24. The average molecular weight is 850 g/mol. The van der Waals surface area contributed by atoms with Crippen molar-refractivity contribution in [3.05, 3.63) is 228 Å². The molecular weight excluding hydrogens is 803 g/mol. The average Bonchev–Trinajstić information content (AvgIpc) is 4.01. The maximum atomic E-state index is 6.71. The minimum Gasteiger partial charge on any atom is -0.456 e. The largest absolute Gasteiger partial charge is 0.456 e. The summed E-state index contributed by atoms with van der Waals surface area (Å²) in [7, 11) is 0. The molecule has 66 heavy (non-hydrogen) atoms. The number of benzene rings is 8. The van der Waals surface area contributed by atoms with Gasteiger partial charge in [0.25, 0.3) is 0 Å². The van der Waals surface area contributed by atoms with Crippen LogP contribution in [0.1, 0.15) is 60.1 Å². The zero-order valence-corrected chi connectivity index (χ0v) is 36.9. The van der Waals surface area contributed by atoms with E-state index in [2.05, 4.69) is 218 Å². The molecule has 3 aromatic heterocycles. The van der Waals surface area contributed by atoms with Crippen molar-refractivity contribution in [3.63, 3.8) is 0 Å². The number of hydrogen-bond donors (Lipinski definition) is 0. The normalized spacial score (nSPS) is 16.3. The number of furan rings is 2. The third kappa shape index (κ3) is 6.41. The number of allylic oxidation sites excluding steroid dienone is 5. The van der Waals surface area contributed by atoms with Gasteiger partial charge in [0.1, 0.15) is 22.5 Å². The van der Waals surface area contributed by atoms with E-state index in [0.29, 0.717) is 5.92 Å². The van der Waals surface area contributed by atoms with E-state index < -0.39 is 0 Å². The van der Waals surface area contributed by atoms with Crippen molar-refractivity contribution in [3.8, 4) is 27.9 Å². The number of hydrogen-bond acceptors (Lipinski definition) is 2. The summed E-state index contributed by atoms with van der Waals surface area (Å²) in [6.07, 6.45) is 13.4. The van der Waals surface area contributed by atoms with Gasteiger partial charge in [-0.1, -0.05) is 159 Å². The Kier molecular flexibility index (Phi) is 9.16. The molecular formula is C63H47NO2. The Labute approximate surface area is 384 Å². The molecule has 0 spiro atoms. The van der Waals surface area contributed by atoms with Crippen LogP contribution < -0.4 is 0 Å². The Morgan fingerprint density at radius 3 is 2.17 bits per heavy atom. The van der Waals surface area contributed by atoms with Gasteiger partial charge in [-0.15, -0.1) is 0 Å². The summed E-state index contributed by atoms with van der Waals surface area (Å²) in [5.74, 6) is 1.66. The molecule has 13 rings (SSSR count). The van der Waals surface area contributed by atoms with E-state index in [-0.39, 0.29) is 5.92 Å². The first-order valence-corrected chi connectivity index (χ1v) is 23.5. The van der Waals surface area contributed by atoms with Crippen LogP contribution in [0.2, 0.25) is 0 Å². The second-order valence-electron chi connectivity index (χ2n) is 18.2. The van der Waals surface area contributed by atoms with Gasteiger partial charge in [0.15, 0.2) is 0 Å². The highest BCUT2D eigenvalue weighted by molar-refractivity contribution is 6.13. The molecule has 11 aromatic rings. The van der Waals surface area contributed by atoms with Gasteiger partial charge in [0.05, 0.1) is 11.0 Å². The van der Waals surface area contributed by atoms with E-state index in [1.165, 1.54) is 88.2 Å². The van der Waals surface area contributed by atoms with Gasteiger partial charge in [0.2, 0.25) is 0 Å². The molecule has 0 radical (unpaired) electrons. The van der Waals surface area contributed by atoms with Crippen LogP contribution in [-0.2, 0) is 6.42 Å². The van der Waals surface area contributed by atoms with Gasteiger partial charge in [-0.2, -0.15) is 0 Å². The minimum absolute atomic E-state index is 0.254. The van der Waals surface area contributed by atoms with Crippen molar-refractivity contribution in [1.29, 1.82) is 0 Å². The fourth-order valence-electron chi connectivity index (χ4n) is 11.2. The first-order chi connectivity index (χ1) is 32.6. The van der Waals surface area contributed by atoms with Crippen molar-refractivity contribution in [2.24, 2.45) is 5.92 Å². The molecule has 0 N–H and O–H groups in total. The third-order valence-electron chi connectivity index (χ3n) is 14.4. The molecule has 2 aliphatic rings. The number of aryl methyl sites for hydroxylation is 1. The summed E-state index contributed by atoms with van der Waals surface area (Å²) in [5.41, 5.74) is 18.7. The Bertz CT molecular complexity index is 3780. The molecule has 0 bridgehead atoms. The lowest BCUT2D eigenvalue weighted by atomic mass is 9.80. The first-order valence-electron chi connectivity index (χ1n) is 23.5. The number of fused-ring (bicyclic) bond motifs is 9. The standard InChI is InChI=1S/C63H47NO2/c1-2-40-33-48(34-47(38-54(40)42-17-7-4-8-18-42)46-27-30-53-52-22-10-12-25-59(52)66-62(53)39-46)50-23-14-26-61-63(50)56-37-45(29-32-60(56)65-61)44-28-31-58-55(36-44)51-21-9-11-24-57(51)64(58)49-20-13-19-43(35-49)41-15-5-3-6-16-41/h3-9,11-21,23-32,34-40,54H,2,10,22,33H2,1H3. The van der Waals surface area contributed by atoms with Gasteiger partial charge in [0, 0.05) is 44.1 Å². The molecule has 2 atom stereocenters. The molecule has 0 saturated carbocycles. The van der Waals surface area contributed by atoms with E-state index in [9.17, 15) is 0 Å². The highest BCUT2D eigenvalue weighted by atomic mass is 16.3. The SMILES string of the molecule is CCC1CC(c2cccc3oc4ccc(-c5ccc6c(c5)c5ccccc5n6-c5cccc(-c6ccccc6)c5)cc4c23)=CC(c2ccc3c4c(oc3c2)C=CCC4)=CC1c1ccccc1. The van der Waals surface area contributed by atoms with Crippen molar-refractivity contribution in [2.75, 3.05) is 0 Å². The van der Waals surface area contributed by atoms with Crippen LogP contribution in [0, 0.1) is 5.92 Å². The molecule has 316 valence electrons. The van der Waals surface area contributed by atoms with Crippen molar-refractivity contribution in [1.82, 2.24) is 4.57 Å². The maximum Gasteiger partial charge on any atom is 0.136 e. The Morgan fingerprint density at radius 1 is 0.545 bits per heavy atom. The van der Waals surface area contributed by atoms with E-state index >= 15 is 0 Å². The van der Waals surface area contributed by atoms with E-state index in [1.54, 1.807) is 0 Å². The predicted molar refractivity (Wildman–Crippen MR) is 276 cm³/mol. The number of aromatic nitrogens is 1. The quantitative estimate of drug-likeness (QED) is 0.160. The second kappa shape index (κ2) is 15.7. The van der Waals surface area contributed by atoms with E-state index in [4.69, 9.17) is 8.83 Å². The number of nitrogens with zero attached hydrogens (tertiary/aromatic N) is 1. The van der Waals surface area contributed by atoms with Crippen LogP contribution in [0.5, 0.6) is 0 Å². The maximum absolute atomic E-state index is 6.71. The van der Waals surface area contributed by atoms with Crippen LogP contribution in [0.3, 0.4) is 0 Å². The highest BCUT2D eigenvalue weighted by Gasteiger charge is 2.28. The highest BCUT2D eigenvalue weighted by Crippen LogP contribution is 2.46. The summed E-state index contributed by atoms with van der Waals surface area (Å²) in [4.78, 5) is 0. The molecule has 8 aromatic carbocycles. The van der Waals surface area contributed by atoms with Crippen molar-refractivity contribution < 1.29 is 8.83 Å². The van der Waals surface area contributed by atoms with Crippen LogP contribution in [-0.4, -0.2) is 4.57 Å². The number of para-hydroxylation sites is 1. The fourth-order valence-corrected chi connectivity index (χ4v) is 11.2. The zero-order valence-electron chi connectivity index (χ0n) is 36.9. The summed E-state index contributed by atoms with van der Waals surface area (Å²) in [5, 5.41) is 6.01. The lowest BCUT2D eigenvalue weighted by molar-refractivity contribution is 0.475. The second-order valence-corrected chi connectivity index (χ2v) is 18.2. The van der Waals surface area contributed by atoms with Crippen molar-refractivity contribution in [2.45, 2.75) is 38.5 Å². The molecule has 0 saturated heterocycles. The topological polar surface area (TPSA) is 31.2 Å². The summed E-state index contributed by atoms with van der Waals surface area (Å²) in [6.45, 7) is 2.35.